The largest absolute Gasteiger partial charge is 0.329 e. The van der Waals surface area contributed by atoms with Gasteiger partial charge in [-0.3, -0.25) is 4.90 Å². The third kappa shape index (κ3) is 4.75. The van der Waals surface area contributed by atoms with Gasteiger partial charge in [0.2, 0.25) is 0 Å². The number of hydrogen-bond donors (Lipinski definition) is 1. The van der Waals surface area contributed by atoms with E-state index >= 15 is 0 Å². The molecule has 19 heavy (non-hydrogen) atoms. The van der Waals surface area contributed by atoms with Gasteiger partial charge in [0.05, 0.1) is 0 Å². The van der Waals surface area contributed by atoms with Gasteiger partial charge in [0, 0.05) is 18.6 Å². The molecule has 2 rings (SSSR count). The summed E-state index contributed by atoms with van der Waals surface area (Å²) in [4.78, 5) is 2.65. The molecule has 0 radical (unpaired) electrons. The predicted molar refractivity (Wildman–Crippen MR) is 83.3 cm³/mol. The van der Waals surface area contributed by atoms with E-state index in [-0.39, 0.29) is 0 Å². The quantitative estimate of drug-likeness (QED) is 0.764. The average molecular weight is 266 g/mol. The second-order valence-electron chi connectivity index (χ2n) is 6.94. The summed E-state index contributed by atoms with van der Waals surface area (Å²) in [5.41, 5.74) is 6.09. The Kier molecular flexibility index (Phi) is 6.66. The van der Waals surface area contributed by atoms with Gasteiger partial charge in [0.25, 0.3) is 0 Å². The zero-order chi connectivity index (χ0) is 13.5. The molecule has 112 valence electrons. The molecule has 0 spiro atoms. The minimum atomic E-state index is 0.631. The summed E-state index contributed by atoms with van der Waals surface area (Å²) in [6, 6.07) is 1.44. The Hall–Kier alpha value is -0.0800. The van der Waals surface area contributed by atoms with Crippen LogP contribution in [0, 0.1) is 5.92 Å². The Morgan fingerprint density at radius 2 is 1.42 bits per heavy atom. The molecular formula is C17H34N2. The van der Waals surface area contributed by atoms with Crippen molar-refractivity contribution < 1.29 is 0 Å². The normalized spacial score (nSPS) is 25.4. The van der Waals surface area contributed by atoms with E-state index in [0.717, 1.165) is 18.5 Å². The molecule has 0 bridgehead atoms. The van der Waals surface area contributed by atoms with E-state index in [4.69, 9.17) is 5.73 Å². The first-order chi connectivity index (χ1) is 9.31. The van der Waals surface area contributed by atoms with Crippen LogP contribution in [0.2, 0.25) is 0 Å². The summed E-state index contributed by atoms with van der Waals surface area (Å²) in [5, 5.41) is 0. The molecule has 2 saturated carbocycles. The number of likely N-dealkylation sites (N-methyl/N-ethyl adjacent to an activating group) is 1. The van der Waals surface area contributed by atoms with Crippen LogP contribution < -0.4 is 5.73 Å². The van der Waals surface area contributed by atoms with Gasteiger partial charge in [-0.1, -0.05) is 57.8 Å². The van der Waals surface area contributed by atoms with E-state index in [0.29, 0.717) is 6.04 Å². The van der Waals surface area contributed by atoms with Crippen LogP contribution >= 0.6 is 0 Å². The van der Waals surface area contributed by atoms with Crippen molar-refractivity contribution in [1.82, 2.24) is 4.90 Å². The Labute approximate surface area is 120 Å². The van der Waals surface area contributed by atoms with Gasteiger partial charge in [-0.05, 0) is 32.2 Å². The van der Waals surface area contributed by atoms with E-state index in [1.807, 2.05) is 0 Å². The Morgan fingerprint density at radius 3 is 2.00 bits per heavy atom. The summed E-state index contributed by atoms with van der Waals surface area (Å²) in [6.45, 7) is 0.851. The van der Waals surface area contributed by atoms with Gasteiger partial charge in [0.1, 0.15) is 0 Å². The monoisotopic (exact) mass is 266 g/mol. The van der Waals surface area contributed by atoms with Crippen LogP contribution in [-0.4, -0.2) is 30.6 Å². The smallest absolute Gasteiger partial charge is 0.0220 e. The molecular weight excluding hydrogens is 232 g/mol. The van der Waals surface area contributed by atoms with Crippen molar-refractivity contribution in [3.63, 3.8) is 0 Å². The fourth-order valence-electron chi connectivity index (χ4n) is 4.20. The van der Waals surface area contributed by atoms with Crippen molar-refractivity contribution in [3.05, 3.63) is 0 Å². The molecule has 0 heterocycles. The SMILES string of the molecule is CN(C1CCCCCC1)C(CN)CC1CCCCC1. The van der Waals surface area contributed by atoms with Crippen LogP contribution in [-0.2, 0) is 0 Å². The molecule has 1 atom stereocenters. The Bertz CT molecular complexity index is 227. The van der Waals surface area contributed by atoms with E-state index in [1.165, 1.54) is 77.0 Å². The first-order valence-corrected chi connectivity index (χ1v) is 8.73. The maximum Gasteiger partial charge on any atom is 0.0220 e. The van der Waals surface area contributed by atoms with Crippen LogP contribution in [0.5, 0.6) is 0 Å². The standard InChI is InChI=1S/C17H34N2/c1-19(16-11-7-2-3-8-12-16)17(14-18)13-15-9-5-4-6-10-15/h15-17H,2-14,18H2,1H3. The van der Waals surface area contributed by atoms with Crippen LogP contribution in [0.3, 0.4) is 0 Å². The lowest BCUT2D eigenvalue weighted by atomic mass is 9.84. The van der Waals surface area contributed by atoms with Gasteiger partial charge in [-0.25, -0.2) is 0 Å². The molecule has 0 amide bonds. The molecule has 2 fully saturated rings. The zero-order valence-corrected chi connectivity index (χ0v) is 12.9. The second kappa shape index (κ2) is 8.26. The molecule has 2 aliphatic rings. The lowest BCUT2D eigenvalue weighted by Crippen LogP contribution is -2.45. The second-order valence-corrected chi connectivity index (χ2v) is 6.94. The van der Waals surface area contributed by atoms with Gasteiger partial charge < -0.3 is 5.73 Å². The van der Waals surface area contributed by atoms with E-state index < -0.39 is 0 Å². The fraction of sp³-hybridized carbons (Fsp3) is 1.00. The lowest BCUT2D eigenvalue weighted by Gasteiger charge is -2.37. The van der Waals surface area contributed by atoms with Crippen LogP contribution in [0.1, 0.15) is 77.0 Å². The summed E-state index contributed by atoms with van der Waals surface area (Å²) >= 11 is 0. The maximum absolute atomic E-state index is 6.09. The molecule has 0 aromatic rings. The highest BCUT2D eigenvalue weighted by Gasteiger charge is 2.26. The molecule has 2 heteroatoms. The summed E-state index contributed by atoms with van der Waals surface area (Å²) in [5.74, 6) is 0.954. The molecule has 1 unspecified atom stereocenters. The van der Waals surface area contributed by atoms with Crippen LogP contribution in [0.15, 0.2) is 0 Å². The van der Waals surface area contributed by atoms with E-state index in [9.17, 15) is 0 Å². The van der Waals surface area contributed by atoms with Crippen molar-refractivity contribution in [3.8, 4) is 0 Å². The Balaban J connectivity index is 1.83. The third-order valence-corrected chi connectivity index (χ3v) is 5.58. The first-order valence-electron chi connectivity index (χ1n) is 8.73. The highest BCUT2D eigenvalue weighted by molar-refractivity contribution is 4.82. The van der Waals surface area contributed by atoms with Gasteiger partial charge >= 0.3 is 0 Å². The summed E-state index contributed by atoms with van der Waals surface area (Å²) in [7, 11) is 2.34. The van der Waals surface area contributed by atoms with Crippen molar-refractivity contribution in [2.75, 3.05) is 13.6 Å². The van der Waals surface area contributed by atoms with Crippen molar-refractivity contribution in [1.29, 1.82) is 0 Å². The molecule has 0 saturated heterocycles. The maximum atomic E-state index is 6.09. The topological polar surface area (TPSA) is 29.3 Å². The number of nitrogens with zero attached hydrogens (tertiary/aromatic N) is 1. The molecule has 0 aromatic heterocycles. The molecule has 0 aliphatic heterocycles. The van der Waals surface area contributed by atoms with Gasteiger partial charge in [-0.2, -0.15) is 0 Å². The van der Waals surface area contributed by atoms with E-state index in [2.05, 4.69) is 11.9 Å². The molecule has 2 nitrogen and oxygen atoms in total. The summed E-state index contributed by atoms with van der Waals surface area (Å²) < 4.78 is 0. The summed E-state index contributed by atoms with van der Waals surface area (Å²) in [6.07, 6.45) is 17.2. The van der Waals surface area contributed by atoms with Crippen molar-refractivity contribution >= 4 is 0 Å². The number of rotatable bonds is 5. The molecule has 0 aromatic carbocycles. The zero-order valence-electron chi connectivity index (χ0n) is 12.9. The van der Waals surface area contributed by atoms with Gasteiger partial charge in [0.15, 0.2) is 0 Å². The van der Waals surface area contributed by atoms with Crippen molar-refractivity contribution in [2.45, 2.75) is 89.1 Å². The minimum absolute atomic E-state index is 0.631. The predicted octanol–water partition coefficient (Wildman–Crippen LogP) is 3.94. The van der Waals surface area contributed by atoms with Crippen LogP contribution in [0.4, 0.5) is 0 Å². The van der Waals surface area contributed by atoms with E-state index in [1.54, 1.807) is 0 Å². The van der Waals surface area contributed by atoms with Crippen molar-refractivity contribution in [2.24, 2.45) is 11.7 Å². The molecule has 2 aliphatic carbocycles. The van der Waals surface area contributed by atoms with Crippen LogP contribution in [0.25, 0.3) is 0 Å². The highest BCUT2D eigenvalue weighted by Crippen LogP contribution is 2.30. The molecule has 2 N–H and O–H groups in total. The lowest BCUT2D eigenvalue weighted by molar-refractivity contribution is 0.131. The van der Waals surface area contributed by atoms with Gasteiger partial charge in [-0.15, -0.1) is 0 Å². The Morgan fingerprint density at radius 1 is 0.895 bits per heavy atom. The number of nitrogens with two attached hydrogens (primary N) is 1. The third-order valence-electron chi connectivity index (χ3n) is 5.58. The minimum Gasteiger partial charge on any atom is -0.329 e. The first kappa shape index (κ1) is 15.3. The number of hydrogen-bond acceptors (Lipinski definition) is 2. The average Bonchev–Trinajstić information content (AvgIpc) is 2.74. The highest BCUT2D eigenvalue weighted by atomic mass is 15.2. The fourth-order valence-corrected chi connectivity index (χ4v) is 4.20.